The molecule has 2 aromatic rings. The summed E-state index contributed by atoms with van der Waals surface area (Å²) in [5.74, 6) is -1.05. The van der Waals surface area contributed by atoms with E-state index >= 15 is 0 Å². The van der Waals surface area contributed by atoms with Crippen molar-refractivity contribution in [3.8, 4) is 0 Å². The minimum absolute atomic E-state index is 0.211. The van der Waals surface area contributed by atoms with Gasteiger partial charge in [-0.15, -0.1) is 11.3 Å². The van der Waals surface area contributed by atoms with Crippen molar-refractivity contribution in [1.82, 2.24) is 5.32 Å². The number of amides is 1. The van der Waals surface area contributed by atoms with Crippen LogP contribution in [0.2, 0.25) is 0 Å². The number of hydrogen-bond donors (Lipinski definition) is 2. The predicted octanol–water partition coefficient (Wildman–Crippen LogP) is 5.05. The standard InChI is InChI=1S/C24H26F3NO4S/c25-24(26,27)17-3-1-2-15(10-17)11-19-21(18-8-9-32-13-20(18)33-19)22(29)28-12-14-4-6-16(7-5-14)23(30)31/h1-3,10,14,16H,4-9,11-13H2,(H,28,29)(H,30,31). The maximum absolute atomic E-state index is 13.2. The van der Waals surface area contributed by atoms with Gasteiger partial charge < -0.3 is 15.2 Å². The number of carbonyl (C=O) groups is 2. The molecule has 0 atom stereocenters. The fourth-order valence-corrected chi connectivity index (χ4v) is 5.98. The Morgan fingerprint density at radius 3 is 2.64 bits per heavy atom. The molecule has 0 radical (unpaired) electrons. The number of hydrogen-bond acceptors (Lipinski definition) is 4. The van der Waals surface area contributed by atoms with E-state index in [1.54, 1.807) is 6.07 Å². The highest BCUT2D eigenvalue weighted by molar-refractivity contribution is 7.12. The highest BCUT2D eigenvalue weighted by Crippen LogP contribution is 2.36. The van der Waals surface area contributed by atoms with Gasteiger partial charge in [-0.2, -0.15) is 13.2 Å². The Balaban J connectivity index is 1.50. The summed E-state index contributed by atoms with van der Waals surface area (Å²) in [5, 5.41) is 12.2. The molecule has 1 aromatic carbocycles. The monoisotopic (exact) mass is 481 g/mol. The molecule has 1 fully saturated rings. The van der Waals surface area contributed by atoms with Crippen LogP contribution in [0, 0.1) is 11.8 Å². The second kappa shape index (κ2) is 9.85. The number of rotatable bonds is 6. The molecule has 0 spiro atoms. The van der Waals surface area contributed by atoms with Gasteiger partial charge in [0.05, 0.1) is 30.3 Å². The molecule has 1 aromatic heterocycles. The summed E-state index contributed by atoms with van der Waals surface area (Å²) in [4.78, 5) is 26.1. The number of ether oxygens (including phenoxy) is 1. The lowest BCUT2D eigenvalue weighted by Gasteiger charge is -2.26. The number of carboxylic acids is 1. The first-order valence-corrected chi connectivity index (χ1v) is 11.9. The van der Waals surface area contributed by atoms with E-state index in [-0.39, 0.29) is 24.2 Å². The van der Waals surface area contributed by atoms with E-state index < -0.39 is 17.7 Å². The summed E-state index contributed by atoms with van der Waals surface area (Å²) in [6.45, 7) is 1.38. The van der Waals surface area contributed by atoms with Gasteiger partial charge in [-0.05, 0) is 55.2 Å². The van der Waals surface area contributed by atoms with Crippen molar-refractivity contribution in [2.45, 2.75) is 51.3 Å². The molecule has 1 aliphatic carbocycles. The summed E-state index contributed by atoms with van der Waals surface area (Å²) in [6, 6.07) is 5.22. The maximum atomic E-state index is 13.2. The highest BCUT2D eigenvalue weighted by Gasteiger charge is 2.31. The van der Waals surface area contributed by atoms with Gasteiger partial charge in [0.25, 0.3) is 5.91 Å². The van der Waals surface area contributed by atoms with Gasteiger partial charge in [0.1, 0.15) is 0 Å². The van der Waals surface area contributed by atoms with Crippen LogP contribution in [0.1, 0.15) is 62.5 Å². The first-order valence-electron chi connectivity index (χ1n) is 11.1. The van der Waals surface area contributed by atoms with Crippen molar-refractivity contribution in [2.75, 3.05) is 13.2 Å². The normalized spacial score (nSPS) is 20.8. The third-order valence-corrected chi connectivity index (χ3v) is 7.69. The van der Waals surface area contributed by atoms with Gasteiger partial charge >= 0.3 is 12.1 Å². The molecule has 0 saturated heterocycles. The number of aliphatic carboxylic acids is 1. The largest absolute Gasteiger partial charge is 0.481 e. The quantitative estimate of drug-likeness (QED) is 0.606. The maximum Gasteiger partial charge on any atom is 0.416 e. The van der Waals surface area contributed by atoms with Crippen molar-refractivity contribution < 1.29 is 32.6 Å². The van der Waals surface area contributed by atoms with Crippen LogP contribution in [0.5, 0.6) is 0 Å². The first-order chi connectivity index (χ1) is 15.7. The lowest BCUT2D eigenvalue weighted by atomic mass is 9.82. The second-order valence-corrected chi connectivity index (χ2v) is 9.94. The smallest absolute Gasteiger partial charge is 0.416 e. The Morgan fingerprint density at radius 2 is 1.94 bits per heavy atom. The molecule has 1 amide bonds. The molecule has 178 valence electrons. The molecule has 2 aliphatic rings. The number of thiophene rings is 1. The molecular formula is C24H26F3NO4S. The Hall–Kier alpha value is -2.39. The fraction of sp³-hybridized carbons (Fsp3) is 0.500. The summed E-state index contributed by atoms with van der Waals surface area (Å²) in [5.41, 5.74) is 1.30. The number of alkyl halides is 3. The summed E-state index contributed by atoms with van der Waals surface area (Å²) in [6.07, 6.45) is -0.842. The van der Waals surface area contributed by atoms with E-state index in [1.807, 2.05) is 0 Å². The predicted molar refractivity (Wildman–Crippen MR) is 117 cm³/mol. The fourth-order valence-electron chi connectivity index (χ4n) is 4.66. The van der Waals surface area contributed by atoms with E-state index in [2.05, 4.69) is 5.32 Å². The summed E-state index contributed by atoms with van der Waals surface area (Å²) in [7, 11) is 0. The van der Waals surface area contributed by atoms with Gasteiger partial charge in [-0.1, -0.05) is 18.2 Å². The third-order valence-electron chi connectivity index (χ3n) is 6.49. The topological polar surface area (TPSA) is 75.6 Å². The molecule has 0 bridgehead atoms. The van der Waals surface area contributed by atoms with E-state index in [4.69, 9.17) is 9.84 Å². The van der Waals surface area contributed by atoms with Crippen LogP contribution in [-0.4, -0.2) is 30.1 Å². The average Bonchev–Trinajstić information content (AvgIpc) is 3.15. The van der Waals surface area contributed by atoms with E-state index in [0.717, 1.165) is 40.3 Å². The van der Waals surface area contributed by atoms with Crippen molar-refractivity contribution >= 4 is 23.2 Å². The zero-order chi connectivity index (χ0) is 23.6. The molecule has 1 aliphatic heterocycles. The molecule has 2 N–H and O–H groups in total. The number of halogens is 3. The molecule has 0 unspecified atom stereocenters. The lowest BCUT2D eigenvalue weighted by molar-refractivity contribution is -0.143. The molecule has 9 heteroatoms. The number of carboxylic acid groups (broad SMARTS) is 1. The van der Waals surface area contributed by atoms with Crippen LogP contribution in [0.25, 0.3) is 0 Å². The Morgan fingerprint density at radius 1 is 1.18 bits per heavy atom. The van der Waals surface area contributed by atoms with Gasteiger partial charge in [-0.3, -0.25) is 9.59 Å². The zero-order valence-electron chi connectivity index (χ0n) is 18.0. The number of benzene rings is 1. The molecule has 5 nitrogen and oxygen atoms in total. The molecule has 33 heavy (non-hydrogen) atoms. The van der Waals surface area contributed by atoms with Crippen molar-refractivity contribution in [3.63, 3.8) is 0 Å². The van der Waals surface area contributed by atoms with E-state index in [1.165, 1.54) is 17.4 Å². The van der Waals surface area contributed by atoms with E-state index in [9.17, 15) is 22.8 Å². The minimum atomic E-state index is -4.42. The molecule has 2 heterocycles. The molecule has 4 rings (SSSR count). The van der Waals surface area contributed by atoms with Crippen molar-refractivity contribution in [3.05, 3.63) is 56.3 Å². The number of nitrogens with one attached hydrogen (secondary N) is 1. The van der Waals surface area contributed by atoms with Crippen LogP contribution in [-0.2, 0) is 35.2 Å². The van der Waals surface area contributed by atoms with Crippen LogP contribution in [0.4, 0.5) is 13.2 Å². The highest BCUT2D eigenvalue weighted by atomic mass is 32.1. The Labute approximate surface area is 194 Å². The van der Waals surface area contributed by atoms with Gasteiger partial charge in [0.2, 0.25) is 0 Å². The average molecular weight is 482 g/mol. The summed E-state index contributed by atoms with van der Waals surface area (Å²) >= 11 is 1.43. The first kappa shape index (κ1) is 23.8. The molecule has 1 saturated carbocycles. The zero-order valence-corrected chi connectivity index (χ0v) is 18.9. The minimum Gasteiger partial charge on any atom is -0.481 e. The molecular weight excluding hydrogens is 455 g/mol. The number of carbonyl (C=O) groups excluding carboxylic acids is 1. The second-order valence-electron chi connectivity index (χ2n) is 8.75. The van der Waals surface area contributed by atoms with Crippen LogP contribution in [0.15, 0.2) is 24.3 Å². The van der Waals surface area contributed by atoms with E-state index in [0.29, 0.717) is 50.1 Å². The van der Waals surface area contributed by atoms with Crippen molar-refractivity contribution in [2.24, 2.45) is 11.8 Å². The summed E-state index contributed by atoms with van der Waals surface area (Å²) < 4.78 is 44.9. The van der Waals surface area contributed by atoms with Crippen LogP contribution in [0.3, 0.4) is 0 Å². The van der Waals surface area contributed by atoms with Gasteiger partial charge in [-0.25, -0.2) is 0 Å². The Bertz CT molecular complexity index is 1030. The lowest BCUT2D eigenvalue weighted by Crippen LogP contribution is -2.33. The van der Waals surface area contributed by atoms with Crippen LogP contribution >= 0.6 is 11.3 Å². The van der Waals surface area contributed by atoms with Crippen molar-refractivity contribution in [1.29, 1.82) is 0 Å². The van der Waals surface area contributed by atoms with Gasteiger partial charge in [0, 0.05) is 22.7 Å². The van der Waals surface area contributed by atoms with Gasteiger partial charge in [0.15, 0.2) is 0 Å². The van der Waals surface area contributed by atoms with Crippen LogP contribution < -0.4 is 5.32 Å². The Kier molecular flexibility index (Phi) is 7.09. The third kappa shape index (κ3) is 5.58. The number of fused-ring (bicyclic) bond motifs is 1. The SMILES string of the molecule is O=C(NCC1CCC(C(=O)O)CC1)c1c(Cc2cccc(C(F)(F)F)c2)sc2c1CCOC2.